The van der Waals surface area contributed by atoms with Crippen LogP contribution in [0.1, 0.15) is 29.0 Å². The van der Waals surface area contributed by atoms with Crippen molar-refractivity contribution in [2.45, 2.75) is 25.0 Å². The summed E-state index contributed by atoms with van der Waals surface area (Å²) in [6.07, 6.45) is 1.38. The van der Waals surface area contributed by atoms with E-state index in [2.05, 4.69) is 25.1 Å². The Hall–Kier alpha value is -4.09. The van der Waals surface area contributed by atoms with Gasteiger partial charge in [-0.15, -0.1) is 11.3 Å². The normalized spacial score (nSPS) is 13.5. The summed E-state index contributed by atoms with van der Waals surface area (Å²) >= 11 is 1.55. The van der Waals surface area contributed by atoms with Gasteiger partial charge in [0.05, 0.1) is 26.7 Å². The first-order valence-corrected chi connectivity index (χ1v) is 14.1. The number of aryl methyl sites for hydroxylation is 1. The van der Waals surface area contributed by atoms with Gasteiger partial charge in [-0.25, -0.2) is 23.1 Å². The minimum Gasteiger partial charge on any atom is -0.321 e. The van der Waals surface area contributed by atoms with Crippen LogP contribution in [-0.4, -0.2) is 39.3 Å². The highest BCUT2D eigenvalue weighted by atomic mass is 32.2. The van der Waals surface area contributed by atoms with Crippen molar-refractivity contribution < 1.29 is 13.2 Å². The average molecular weight is 531 g/mol. The van der Waals surface area contributed by atoms with Gasteiger partial charge in [0.15, 0.2) is 11.5 Å². The molecule has 11 heteroatoms. The summed E-state index contributed by atoms with van der Waals surface area (Å²) in [5, 5.41) is 7.13. The van der Waals surface area contributed by atoms with Crippen LogP contribution < -0.4 is 10.0 Å². The Morgan fingerprint density at radius 1 is 1.03 bits per heavy atom. The molecule has 0 bridgehead atoms. The molecule has 5 aromatic rings. The maximum Gasteiger partial charge on any atom is 0.276 e. The number of nitrogens with zero attached hydrogens (tertiary/aromatic N) is 4. The zero-order valence-corrected chi connectivity index (χ0v) is 21.4. The molecule has 1 saturated carbocycles. The van der Waals surface area contributed by atoms with Gasteiger partial charge in [0, 0.05) is 22.6 Å². The third kappa shape index (κ3) is 4.83. The lowest BCUT2D eigenvalue weighted by Gasteiger charge is -2.08. The molecule has 37 heavy (non-hydrogen) atoms. The number of amides is 1. The van der Waals surface area contributed by atoms with E-state index in [0.717, 1.165) is 27.2 Å². The molecule has 186 valence electrons. The van der Waals surface area contributed by atoms with Crippen LogP contribution in [0.4, 0.5) is 11.4 Å². The summed E-state index contributed by atoms with van der Waals surface area (Å²) in [5.41, 5.74) is 6.36. The number of nitrogens with one attached hydrogen (secondary N) is 2. The van der Waals surface area contributed by atoms with Crippen LogP contribution in [0, 0.1) is 6.92 Å². The number of aromatic nitrogens is 4. The molecule has 6 rings (SSSR count). The standard InChI is InChI=1S/C26H22N6O3S2/c1-16-3-2-4-25(28-16)32-23(17-5-12-21-24(13-17)36-15-27-21)14-22(30-32)26(33)29-18-6-8-19(9-7-18)31-37(34,35)20-10-11-20/h2-9,12-15,20,31H,10-11H2,1H3,(H,29,33). The van der Waals surface area contributed by atoms with Crippen LogP contribution in [0.15, 0.2) is 72.2 Å². The number of thiazole rings is 1. The highest BCUT2D eigenvalue weighted by Crippen LogP contribution is 2.31. The molecule has 2 N–H and O–H groups in total. The van der Waals surface area contributed by atoms with Crippen molar-refractivity contribution in [3.63, 3.8) is 0 Å². The van der Waals surface area contributed by atoms with E-state index in [1.165, 1.54) is 0 Å². The van der Waals surface area contributed by atoms with Gasteiger partial charge in [-0.05, 0) is 74.4 Å². The highest BCUT2D eigenvalue weighted by Gasteiger charge is 2.35. The number of fused-ring (bicyclic) bond motifs is 1. The molecule has 1 aliphatic rings. The van der Waals surface area contributed by atoms with Crippen molar-refractivity contribution in [2.24, 2.45) is 0 Å². The Bertz CT molecular complexity index is 1740. The van der Waals surface area contributed by atoms with Gasteiger partial charge in [-0.1, -0.05) is 12.1 Å². The zero-order valence-electron chi connectivity index (χ0n) is 19.7. The van der Waals surface area contributed by atoms with Crippen molar-refractivity contribution >= 4 is 48.9 Å². The molecule has 0 radical (unpaired) electrons. The van der Waals surface area contributed by atoms with E-state index in [0.29, 0.717) is 30.0 Å². The Kier molecular flexibility index (Phi) is 5.73. The van der Waals surface area contributed by atoms with Crippen LogP contribution in [0.3, 0.4) is 0 Å². The van der Waals surface area contributed by atoms with E-state index in [-0.39, 0.29) is 10.9 Å². The van der Waals surface area contributed by atoms with Crippen LogP contribution in [-0.2, 0) is 10.0 Å². The lowest BCUT2D eigenvalue weighted by atomic mass is 10.1. The SMILES string of the molecule is Cc1cccc(-n2nc(C(=O)Nc3ccc(NS(=O)(=O)C4CC4)cc3)cc2-c2ccc3ncsc3c2)n1. The lowest BCUT2D eigenvalue weighted by Crippen LogP contribution is -2.17. The smallest absolute Gasteiger partial charge is 0.276 e. The first-order chi connectivity index (χ1) is 17.9. The lowest BCUT2D eigenvalue weighted by molar-refractivity contribution is 0.102. The van der Waals surface area contributed by atoms with Gasteiger partial charge in [0.1, 0.15) is 0 Å². The molecule has 0 aliphatic heterocycles. The van der Waals surface area contributed by atoms with Crippen molar-refractivity contribution in [2.75, 3.05) is 10.0 Å². The maximum absolute atomic E-state index is 13.2. The van der Waals surface area contributed by atoms with Gasteiger partial charge < -0.3 is 5.32 Å². The quantitative estimate of drug-likeness (QED) is 0.305. The molecule has 9 nitrogen and oxygen atoms in total. The highest BCUT2D eigenvalue weighted by molar-refractivity contribution is 7.93. The molecule has 1 amide bonds. The predicted molar refractivity (Wildman–Crippen MR) is 145 cm³/mol. The van der Waals surface area contributed by atoms with E-state index in [1.807, 2.05) is 43.3 Å². The van der Waals surface area contributed by atoms with Gasteiger partial charge in [-0.3, -0.25) is 9.52 Å². The molecule has 0 unspecified atom stereocenters. The third-order valence-electron chi connectivity index (χ3n) is 6.03. The second kappa shape index (κ2) is 9.09. The molecule has 3 aromatic heterocycles. The Morgan fingerprint density at radius 2 is 1.81 bits per heavy atom. The molecule has 0 atom stereocenters. The number of anilines is 2. The third-order valence-corrected chi connectivity index (χ3v) is 8.69. The van der Waals surface area contributed by atoms with Crippen LogP contribution in [0.25, 0.3) is 27.3 Å². The number of hydrogen-bond acceptors (Lipinski definition) is 7. The van der Waals surface area contributed by atoms with Crippen LogP contribution >= 0.6 is 11.3 Å². The minimum atomic E-state index is -3.35. The summed E-state index contributed by atoms with van der Waals surface area (Å²) in [7, 11) is -3.35. The Labute approximate surface area is 217 Å². The van der Waals surface area contributed by atoms with E-state index >= 15 is 0 Å². The first kappa shape index (κ1) is 23.3. The van der Waals surface area contributed by atoms with Gasteiger partial charge in [-0.2, -0.15) is 5.10 Å². The number of benzene rings is 2. The molecular weight excluding hydrogens is 508 g/mol. The van der Waals surface area contributed by atoms with Crippen molar-refractivity contribution in [3.8, 4) is 17.1 Å². The second-order valence-corrected chi connectivity index (χ2v) is 11.7. The van der Waals surface area contributed by atoms with E-state index in [1.54, 1.807) is 51.9 Å². The predicted octanol–water partition coefficient (Wildman–Crippen LogP) is 5.01. The monoisotopic (exact) mass is 530 g/mol. The topological polar surface area (TPSA) is 119 Å². The number of hydrogen-bond donors (Lipinski definition) is 2. The summed E-state index contributed by atoms with van der Waals surface area (Å²) in [4.78, 5) is 22.1. The number of carbonyl (C=O) groups is 1. The summed E-state index contributed by atoms with van der Waals surface area (Å²) < 4.78 is 29.6. The zero-order chi connectivity index (χ0) is 25.6. The number of pyridine rings is 1. The maximum atomic E-state index is 13.2. The number of rotatable bonds is 7. The second-order valence-electron chi connectivity index (χ2n) is 8.88. The van der Waals surface area contributed by atoms with Crippen molar-refractivity contribution in [3.05, 3.63) is 83.6 Å². The number of sulfonamides is 1. The molecule has 1 fully saturated rings. The fraction of sp³-hybridized carbons (Fsp3) is 0.154. The van der Waals surface area contributed by atoms with E-state index in [4.69, 9.17) is 0 Å². The molecule has 0 spiro atoms. The fourth-order valence-corrected chi connectivity index (χ4v) is 6.08. The molecule has 1 aliphatic carbocycles. The largest absolute Gasteiger partial charge is 0.321 e. The number of carbonyl (C=O) groups excluding carboxylic acids is 1. The van der Waals surface area contributed by atoms with Crippen molar-refractivity contribution in [1.29, 1.82) is 0 Å². The minimum absolute atomic E-state index is 0.223. The van der Waals surface area contributed by atoms with Gasteiger partial charge in [0.2, 0.25) is 10.0 Å². The summed E-state index contributed by atoms with van der Waals surface area (Å²) in [6.45, 7) is 1.90. The van der Waals surface area contributed by atoms with Gasteiger partial charge >= 0.3 is 0 Å². The van der Waals surface area contributed by atoms with Crippen molar-refractivity contribution in [1.82, 2.24) is 19.7 Å². The van der Waals surface area contributed by atoms with Gasteiger partial charge in [0.25, 0.3) is 5.91 Å². The van der Waals surface area contributed by atoms with E-state index < -0.39 is 15.9 Å². The van der Waals surface area contributed by atoms with E-state index in [9.17, 15) is 13.2 Å². The van der Waals surface area contributed by atoms with Crippen LogP contribution in [0.5, 0.6) is 0 Å². The Morgan fingerprint density at radius 3 is 2.57 bits per heavy atom. The molecular formula is C26H22N6O3S2. The van der Waals surface area contributed by atoms with Crippen LogP contribution in [0.2, 0.25) is 0 Å². The first-order valence-electron chi connectivity index (χ1n) is 11.7. The molecule has 3 heterocycles. The molecule has 0 saturated heterocycles. The summed E-state index contributed by atoms with van der Waals surface area (Å²) in [6, 6.07) is 19.9. The summed E-state index contributed by atoms with van der Waals surface area (Å²) in [5.74, 6) is 0.212. The average Bonchev–Trinajstić information content (AvgIpc) is 3.49. The Balaban J connectivity index is 1.29. The fourth-order valence-electron chi connectivity index (χ4n) is 3.98. The molecule has 2 aromatic carbocycles.